The second-order valence-corrected chi connectivity index (χ2v) is 8.17. The van der Waals surface area contributed by atoms with E-state index in [0.717, 1.165) is 11.9 Å². The first-order chi connectivity index (χ1) is 12.6. The summed E-state index contributed by atoms with van der Waals surface area (Å²) in [6.07, 6.45) is 9.53. The first kappa shape index (κ1) is 21.0. The van der Waals surface area contributed by atoms with Gasteiger partial charge in [0.2, 0.25) is 5.91 Å². The summed E-state index contributed by atoms with van der Waals surface area (Å²) in [5.74, 6) is 1.91. The number of carbonyl (C=O) groups excluding carboxylic acids is 1. The quantitative estimate of drug-likeness (QED) is 0.367. The normalized spacial score (nSPS) is 21.0. The topological polar surface area (TPSA) is 68.8 Å². The van der Waals surface area contributed by atoms with Crippen molar-refractivity contribution < 1.29 is 4.79 Å². The van der Waals surface area contributed by atoms with Gasteiger partial charge in [0.05, 0.1) is 0 Å². The number of piperidine rings is 1. The fourth-order valence-corrected chi connectivity index (χ4v) is 3.95. The monoisotopic (exact) mass is 365 g/mol. The predicted molar refractivity (Wildman–Crippen MR) is 108 cm³/mol. The van der Waals surface area contributed by atoms with Crippen LogP contribution < -0.4 is 16.0 Å². The number of likely N-dealkylation sites (tertiary alicyclic amines) is 1. The Morgan fingerprint density at radius 2 is 1.69 bits per heavy atom. The minimum atomic E-state index is 0.0335. The van der Waals surface area contributed by atoms with Crippen LogP contribution in [0.4, 0.5) is 0 Å². The van der Waals surface area contributed by atoms with Crippen molar-refractivity contribution in [3.63, 3.8) is 0 Å². The van der Waals surface area contributed by atoms with Crippen LogP contribution in [0.15, 0.2) is 4.99 Å². The van der Waals surface area contributed by atoms with E-state index in [0.29, 0.717) is 19.1 Å². The lowest BCUT2D eigenvalue weighted by atomic mass is 9.88. The van der Waals surface area contributed by atoms with Crippen molar-refractivity contribution in [1.29, 1.82) is 0 Å². The van der Waals surface area contributed by atoms with Gasteiger partial charge in [-0.05, 0) is 31.6 Å². The second-order valence-electron chi connectivity index (χ2n) is 8.17. The summed E-state index contributed by atoms with van der Waals surface area (Å²) in [5.41, 5.74) is 0. The third-order valence-corrected chi connectivity index (χ3v) is 5.63. The molecule has 1 amide bonds. The standard InChI is InChI=1S/C20H39N5O/c1-16(2)19(26)22-11-12-23-20(21-3)24-18-9-13-25(14-10-18)15-17-7-5-4-6-8-17/h16-18H,4-15H2,1-3H3,(H,22,26)(H2,21,23,24). The molecule has 0 unspecified atom stereocenters. The van der Waals surface area contributed by atoms with Crippen molar-refractivity contribution in [2.45, 2.75) is 64.8 Å². The Morgan fingerprint density at radius 1 is 1.04 bits per heavy atom. The molecule has 2 fully saturated rings. The number of hydrogen-bond donors (Lipinski definition) is 3. The molecule has 1 saturated carbocycles. The summed E-state index contributed by atoms with van der Waals surface area (Å²) in [6.45, 7) is 8.81. The van der Waals surface area contributed by atoms with Crippen molar-refractivity contribution in [1.82, 2.24) is 20.9 Å². The molecule has 6 nitrogen and oxygen atoms in total. The summed E-state index contributed by atoms with van der Waals surface area (Å²) in [4.78, 5) is 18.5. The summed E-state index contributed by atoms with van der Waals surface area (Å²) in [7, 11) is 1.81. The molecular formula is C20H39N5O. The van der Waals surface area contributed by atoms with Crippen LogP contribution in [0.25, 0.3) is 0 Å². The zero-order valence-electron chi connectivity index (χ0n) is 17.0. The highest BCUT2D eigenvalue weighted by Gasteiger charge is 2.23. The lowest BCUT2D eigenvalue weighted by Gasteiger charge is -2.36. The molecule has 0 aromatic rings. The number of nitrogens with zero attached hydrogens (tertiary/aromatic N) is 2. The van der Waals surface area contributed by atoms with E-state index in [-0.39, 0.29) is 11.8 Å². The highest BCUT2D eigenvalue weighted by molar-refractivity contribution is 5.80. The molecule has 0 radical (unpaired) electrons. The predicted octanol–water partition coefficient (Wildman–Crippen LogP) is 1.97. The molecule has 0 bridgehead atoms. The zero-order chi connectivity index (χ0) is 18.8. The number of guanidine groups is 1. The molecule has 150 valence electrons. The van der Waals surface area contributed by atoms with Crippen molar-refractivity contribution in [2.75, 3.05) is 39.8 Å². The van der Waals surface area contributed by atoms with Crippen molar-refractivity contribution in [3.05, 3.63) is 0 Å². The van der Waals surface area contributed by atoms with Crippen LogP contribution in [0.3, 0.4) is 0 Å². The summed E-state index contributed by atoms with van der Waals surface area (Å²) in [6, 6.07) is 0.495. The van der Waals surface area contributed by atoms with E-state index in [1.54, 1.807) is 7.05 Å². The maximum atomic E-state index is 11.6. The van der Waals surface area contributed by atoms with Gasteiger partial charge in [-0.1, -0.05) is 33.1 Å². The number of nitrogens with one attached hydrogen (secondary N) is 3. The Labute approximate surface area is 159 Å². The van der Waals surface area contributed by atoms with E-state index < -0.39 is 0 Å². The van der Waals surface area contributed by atoms with Gasteiger partial charge < -0.3 is 20.9 Å². The highest BCUT2D eigenvalue weighted by Crippen LogP contribution is 2.25. The number of aliphatic imine (C=N–C) groups is 1. The smallest absolute Gasteiger partial charge is 0.222 e. The Morgan fingerprint density at radius 3 is 2.31 bits per heavy atom. The summed E-state index contributed by atoms with van der Waals surface area (Å²) < 4.78 is 0. The summed E-state index contributed by atoms with van der Waals surface area (Å²) in [5, 5.41) is 9.76. The Kier molecular flexibility index (Phi) is 9.23. The first-order valence-electron chi connectivity index (χ1n) is 10.6. The Hall–Kier alpha value is -1.30. The molecule has 1 saturated heterocycles. The zero-order valence-corrected chi connectivity index (χ0v) is 17.0. The molecule has 26 heavy (non-hydrogen) atoms. The van der Waals surface area contributed by atoms with Gasteiger partial charge in [-0.25, -0.2) is 0 Å². The van der Waals surface area contributed by atoms with Gasteiger partial charge in [0.15, 0.2) is 5.96 Å². The van der Waals surface area contributed by atoms with Gasteiger partial charge in [-0.2, -0.15) is 0 Å². The van der Waals surface area contributed by atoms with Crippen LogP contribution in [0.1, 0.15) is 58.8 Å². The average Bonchev–Trinajstić information content (AvgIpc) is 2.66. The van der Waals surface area contributed by atoms with Gasteiger partial charge >= 0.3 is 0 Å². The molecule has 2 rings (SSSR count). The molecule has 2 aliphatic rings. The molecule has 0 aromatic carbocycles. The minimum absolute atomic E-state index is 0.0335. The number of hydrogen-bond acceptors (Lipinski definition) is 3. The highest BCUT2D eigenvalue weighted by atomic mass is 16.1. The SMILES string of the molecule is CN=C(NCCNC(=O)C(C)C)NC1CCN(CC2CCCCC2)CC1. The van der Waals surface area contributed by atoms with Crippen LogP contribution in [0, 0.1) is 11.8 Å². The van der Waals surface area contributed by atoms with Crippen LogP contribution in [-0.4, -0.2) is 62.6 Å². The number of amides is 1. The molecule has 1 aliphatic heterocycles. The molecule has 3 N–H and O–H groups in total. The van der Waals surface area contributed by atoms with Gasteiger partial charge in [-0.15, -0.1) is 0 Å². The molecule has 0 atom stereocenters. The largest absolute Gasteiger partial charge is 0.355 e. The van der Waals surface area contributed by atoms with Crippen molar-refractivity contribution in [3.8, 4) is 0 Å². The van der Waals surface area contributed by atoms with Gasteiger partial charge in [-0.3, -0.25) is 9.79 Å². The van der Waals surface area contributed by atoms with E-state index in [9.17, 15) is 4.79 Å². The molecule has 1 aliphatic carbocycles. The molecular weight excluding hydrogens is 326 g/mol. The second kappa shape index (κ2) is 11.4. The first-order valence-corrected chi connectivity index (χ1v) is 10.6. The maximum Gasteiger partial charge on any atom is 0.222 e. The molecule has 0 aromatic heterocycles. The van der Waals surface area contributed by atoms with Crippen LogP contribution in [0.5, 0.6) is 0 Å². The van der Waals surface area contributed by atoms with E-state index in [4.69, 9.17) is 0 Å². The Balaban J connectivity index is 1.60. The van der Waals surface area contributed by atoms with Gasteiger partial charge in [0.1, 0.15) is 0 Å². The van der Waals surface area contributed by atoms with E-state index in [2.05, 4.69) is 25.8 Å². The van der Waals surface area contributed by atoms with Crippen molar-refractivity contribution >= 4 is 11.9 Å². The lowest BCUT2D eigenvalue weighted by Crippen LogP contribution is -2.50. The van der Waals surface area contributed by atoms with Crippen LogP contribution in [0.2, 0.25) is 0 Å². The number of rotatable bonds is 7. The molecule has 0 spiro atoms. The molecule has 6 heteroatoms. The number of carbonyl (C=O) groups is 1. The fraction of sp³-hybridized carbons (Fsp3) is 0.900. The molecule has 1 heterocycles. The summed E-state index contributed by atoms with van der Waals surface area (Å²) >= 11 is 0. The van der Waals surface area contributed by atoms with Crippen LogP contribution in [-0.2, 0) is 4.79 Å². The fourth-order valence-electron chi connectivity index (χ4n) is 3.95. The van der Waals surface area contributed by atoms with E-state index >= 15 is 0 Å². The third kappa shape index (κ3) is 7.52. The van der Waals surface area contributed by atoms with E-state index in [1.807, 2.05) is 13.8 Å². The lowest BCUT2D eigenvalue weighted by molar-refractivity contribution is -0.123. The van der Waals surface area contributed by atoms with E-state index in [1.165, 1.54) is 64.6 Å². The third-order valence-electron chi connectivity index (χ3n) is 5.63. The average molecular weight is 366 g/mol. The Bertz CT molecular complexity index is 437. The van der Waals surface area contributed by atoms with Gasteiger partial charge in [0, 0.05) is 51.7 Å². The van der Waals surface area contributed by atoms with Crippen LogP contribution >= 0.6 is 0 Å². The minimum Gasteiger partial charge on any atom is -0.355 e. The maximum absolute atomic E-state index is 11.6. The van der Waals surface area contributed by atoms with Crippen molar-refractivity contribution in [2.24, 2.45) is 16.8 Å². The van der Waals surface area contributed by atoms with Gasteiger partial charge in [0.25, 0.3) is 0 Å².